The van der Waals surface area contributed by atoms with Crippen molar-refractivity contribution in [2.24, 2.45) is 0 Å². The van der Waals surface area contributed by atoms with Crippen LogP contribution in [0.3, 0.4) is 0 Å². The highest BCUT2D eigenvalue weighted by Crippen LogP contribution is 2.31. The molecule has 33 heavy (non-hydrogen) atoms. The second-order valence-electron chi connectivity index (χ2n) is 8.33. The van der Waals surface area contributed by atoms with E-state index in [-0.39, 0.29) is 17.8 Å². The van der Waals surface area contributed by atoms with Gasteiger partial charge in [-0.25, -0.2) is 14.8 Å². The van der Waals surface area contributed by atoms with E-state index in [2.05, 4.69) is 5.32 Å². The number of rotatable bonds is 4. The summed E-state index contributed by atoms with van der Waals surface area (Å²) in [5.41, 5.74) is 10.3. The van der Waals surface area contributed by atoms with Crippen LogP contribution in [0, 0.1) is 0 Å². The predicted molar refractivity (Wildman–Crippen MR) is 126 cm³/mol. The lowest BCUT2D eigenvalue weighted by Gasteiger charge is -2.22. The summed E-state index contributed by atoms with van der Waals surface area (Å²) in [7, 11) is 1.34. The normalized spacial score (nSPS) is 14.5. The molecule has 0 radical (unpaired) electrons. The zero-order chi connectivity index (χ0) is 22.9. The van der Waals surface area contributed by atoms with Crippen LogP contribution in [0.15, 0.2) is 48.5 Å². The van der Waals surface area contributed by atoms with E-state index in [1.165, 1.54) is 13.5 Å². The van der Waals surface area contributed by atoms with Gasteiger partial charge >= 0.3 is 5.97 Å². The fourth-order valence-corrected chi connectivity index (χ4v) is 4.52. The van der Waals surface area contributed by atoms with Gasteiger partial charge in [-0.2, -0.15) is 0 Å². The largest absolute Gasteiger partial charge is 0.465 e. The Morgan fingerprint density at radius 3 is 2.33 bits per heavy atom. The smallest absolute Gasteiger partial charge is 0.337 e. The van der Waals surface area contributed by atoms with Crippen molar-refractivity contribution >= 4 is 39.9 Å². The Hall–Kier alpha value is -3.94. The quantitative estimate of drug-likeness (QED) is 0.461. The third-order valence-corrected chi connectivity index (χ3v) is 6.21. The maximum atomic E-state index is 13.4. The number of methoxy groups -OCH3 is 1. The number of nitrogens with zero attached hydrogens (tertiary/aromatic N) is 3. The number of hydrogen-bond acceptors (Lipinski definition) is 6. The Morgan fingerprint density at radius 1 is 1.00 bits per heavy atom. The fraction of sp³-hybridized carbons (Fsp3) is 0.280. The van der Waals surface area contributed by atoms with Gasteiger partial charge in [-0.1, -0.05) is 31.4 Å². The van der Waals surface area contributed by atoms with Crippen molar-refractivity contribution in [3.05, 3.63) is 59.7 Å². The summed E-state index contributed by atoms with van der Waals surface area (Å²) >= 11 is 0. The monoisotopic (exact) mass is 443 g/mol. The van der Waals surface area contributed by atoms with Gasteiger partial charge < -0.3 is 15.8 Å². The first-order valence-electron chi connectivity index (χ1n) is 11.1. The van der Waals surface area contributed by atoms with E-state index in [9.17, 15) is 9.59 Å². The molecule has 0 unspecified atom stereocenters. The maximum Gasteiger partial charge on any atom is 0.337 e. The number of carbonyl (C=O) groups excluding carboxylic acids is 2. The molecule has 1 aliphatic carbocycles. The van der Waals surface area contributed by atoms with E-state index in [0.717, 1.165) is 25.7 Å². The average Bonchev–Trinajstić information content (AvgIpc) is 3.13. The number of anilines is 1. The van der Waals surface area contributed by atoms with E-state index >= 15 is 0 Å². The summed E-state index contributed by atoms with van der Waals surface area (Å²) in [4.78, 5) is 34.8. The second-order valence-corrected chi connectivity index (χ2v) is 8.33. The highest BCUT2D eigenvalue weighted by molar-refractivity contribution is 6.11. The highest BCUT2D eigenvalue weighted by Gasteiger charge is 2.27. The third kappa shape index (κ3) is 3.77. The summed E-state index contributed by atoms with van der Waals surface area (Å²) in [5, 5.41) is 3.15. The van der Waals surface area contributed by atoms with Crippen LogP contribution in [0.2, 0.25) is 0 Å². The van der Waals surface area contributed by atoms with Crippen molar-refractivity contribution in [2.75, 3.05) is 12.8 Å². The molecule has 1 amide bonds. The molecule has 4 aromatic rings. The molecule has 0 saturated heterocycles. The van der Waals surface area contributed by atoms with Gasteiger partial charge in [-0.05, 0) is 49.2 Å². The number of fused-ring (bicyclic) bond motifs is 2. The number of carbonyl (C=O) groups is 2. The summed E-state index contributed by atoms with van der Waals surface area (Å²) in [6, 6.07) is 14.5. The molecule has 168 valence electrons. The number of ether oxygens (including phenoxy) is 1. The van der Waals surface area contributed by atoms with E-state index in [1.54, 1.807) is 28.8 Å². The van der Waals surface area contributed by atoms with Gasteiger partial charge in [0.05, 0.1) is 23.7 Å². The van der Waals surface area contributed by atoms with Crippen molar-refractivity contribution in [3.63, 3.8) is 0 Å². The van der Waals surface area contributed by atoms with Crippen LogP contribution in [0.4, 0.5) is 5.82 Å². The Labute approximate surface area is 190 Å². The van der Waals surface area contributed by atoms with Gasteiger partial charge in [-0.15, -0.1) is 0 Å². The van der Waals surface area contributed by atoms with E-state index in [0.29, 0.717) is 39.0 Å². The molecular weight excluding hydrogens is 418 g/mol. The third-order valence-electron chi connectivity index (χ3n) is 6.21. The molecule has 1 saturated carbocycles. The molecule has 1 fully saturated rings. The van der Waals surface area contributed by atoms with E-state index in [4.69, 9.17) is 20.4 Å². The highest BCUT2D eigenvalue weighted by atomic mass is 16.5. The van der Waals surface area contributed by atoms with Crippen LogP contribution in [0.1, 0.15) is 52.8 Å². The van der Waals surface area contributed by atoms with Crippen LogP contribution < -0.4 is 11.1 Å². The molecule has 0 atom stereocenters. The van der Waals surface area contributed by atoms with Gasteiger partial charge in [0.15, 0.2) is 5.65 Å². The standard InChI is InChI=1S/C25H25N5O3/c1-33-25(32)15-11-13-17(14-12-15)30-22(26)20(24(31)27-16-7-3-2-4-8-16)21-23(30)29-19-10-6-5-9-18(19)28-21/h5-6,9-14,16H,2-4,7-8,26H2,1H3,(H,27,31). The predicted octanol–water partition coefficient (Wildman–Crippen LogP) is 4.01. The number of aromatic nitrogens is 3. The van der Waals surface area contributed by atoms with Gasteiger partial charge in [-0.3, -0.25) is 9.36 Å². The molecule has 1 aliphatic rings. The zero-order valence-corrected chi connectivity index (χ0v) is 18.4. The van der Waals surface area contributed by atoms with E-state index in [1.807, 2.05) is 24.3 Å². The first-order chi connectivity index (χ1) is 16.1. The SMILES string of the molecule is COC(=O)c1ccc(-n2c(N)c(C(=O)NC3CCCCC3)c3nc4ccccc4nc32)cc1. The Morgan fingerprint density at radius 2 is 1.67 bits per heavy atom. The minimum absolute atomic E-state index is 0.136. The lowest BCUT2D eigenvalue weighted by atomic mass is 9.95. The number of hydrogen-bond donors (Lipinski definition) is 2. The Balaban J connectivity index is 1.66. The number of nitrogens with two attached hydrogens (primary N) is 1. The summed E-state index contributed by atoms with van der Waals surface area (Å²) in [6.45, 7) is 0. The first-order valence-corrected chi connectivity index (χ1v) is 11.1. The minimum atomic E-state index is -0.426. The molecule has 0 aliphatic heterocycles. The average molecular weight is 444 g/mol. The zero-order valence-electron chi connectivity index (χ0n) is 18.4. The molecule has 2 aromatic heterocycles. The van der Waals surface area contributed by atoms with Crippen molar-refractivity contribution in [2.45, 2.75) is 38.1 Å². The van der Waals surface area contributed by atoms with Gasteiger partial charge in [0.1, 0.15) is 16.9 Å². The molecule has 2 heterocycles. The van der Waals surface area contributed by atoms with Gasteiger partial charge in [0, 0.05) is 11.7 Å². The Kier molecular flexibility index (Phi) is 5.42. The van der Waals surface area contributed by atoms with Crippen molar-refractivity contribution in [3.8, 4) is 5.69 Å². The molecular formula is C25H25N5O3. The lowest BCUT2D eigenvalue weighted by molar-refractivity contribution is 0.0600. The number of para-hydroxylation sites is 2. The van der Waals surface area contributed by atoms with Crippen LogP contribution >= 0.6 is 0 Å². The van der Waals surface area contributed by atoms with Crippen LogP contribution in [0.5, 0.6) is 0 Å². The lowest BCUT2D eigenvalue weighted by Crippen LogP contribution is -2.36. The molecule has 0 spiro atoms. The van der Waals surface area contributed by atoms with Gasteiger partial charge in [0.25, 0.3) is 5.91 Å². The van der Waals surface area contributed by atoms with Crippen molar-refractivity contribution < 1.29 is 14.3 Å². The number of esters is 1. The van der Waals surface area contributed by atoms with Gasteiger partial charge in [0.2, 0.25) is 0 Å². The summed E-state index contributed by atoms with van der Waals surface area (Å²) in [5.74, 6) is -0.399. The molecule has 5 rings (SSSR count). The number of nitrogens with one attached hydrogen (secondary N) is 1. The van der Waals surface area contributed by atoms with Crippen molar-refractivity contribution in [1.29, 1.82) is 0 Å². The van der Waals surface area contributed by atoms with Crippen LogP contribution in [-0.4, -0.2) is 39.6 Å². The van der Waals surface area contributed by atoms with E-state index < -0.39 is 5.97 Å². The molecule has 8 nitrogen and oxygen atoms in total. The van der Waals surface area contributed by atoms with Crippen LogP contribution in [0.25, 0.3) is 27.9 Å². The summed E-state index contributed by atoms with van der Waals surface area (Å²) < 4.78 is 6.50. The second kappa shape index (κ2) is 8.54. The molecule has 3 N–H and O–H groups in total. The topological polar surface area (TPSA) is 112 Å². The summed E-state index contributed by atoms with van der Waals surface area (Å²) in [6.07, 6.45) is 5.35. The first kappa shape index (κ1) is 20.9. The number of nitrogen functional groups attached to an aromatic ring is 1. The Bertz CT molecular complexity index is 1350. The number of amides is 1. The van der Waals surface area contributed by atoms with Crippen molar-refractivity contribution in [1.82, 2.24) is 19.9 Å². The van der Waals surface area contributed by atoms with Crippen LogP contribution in [-0.2, 0) is 4.74 Å². The molecule has 2 aromatic carbocycles. The molecule has 0 bridgehead atoms. The fourth-order valence-electron chi connectivity index (χ4n) is 4.52. The number of benzene rings is 2. The molecule has 8 heteroatoms. The minimum Gasteiger partial charge on any atom is -0.465 e. The maximum absolute atomic E-state index is 13.4.